The van der Waals surface area contributed by atoms with Crippen LogP contribution in [0.15, 0.2) is 84.9 Å². The number of hydrogen-bond acceptors (Lipinski definition) is 4. The van der Waals surface area contributed by atoms with Crippen LogP contribution < -0.4 is 10.1 Å². The molecule has 0 saturated heterocycles. The summed E-state index contributed by atoms with van der Waals surface area (Å²) in [6.07, 6.45) is 0.723. The summed E-state index contributed by atoms with van der Waals surface area (Å²) in [4.78, 5) is 33.4. The lowest BCUT2D eigenvalue weighted by molar-refractivity contribution is -0.132. The summed E-state index contributed by atoms with van der Waals surface area (Å²) in [6.45, 7) is 6.89. The molecule has 6 nitrogen and oxygen atoms in total. The molecule has 4 aromatic rings. The minimum absolute atomic E-state index is 0.140. The van der Waals surface area contributed by atoms with Crippen molar-refractivity contribution in [2.24, 2.45) is 0 Å². The Hall–Kier alpha value is -4.19. The molecule has 6 heteroatoms. The highest BCUT2D eigenvalue weighted by Gasteiger charge is 2.26. The third kappa shape index (κ3) is 5.80. The molecule has 1 N–H and O–H groups in total. The predicted octanol–water partition coefficient (Wildman–Crippen LogP) is 6.03. The van der Waals surface area contributed by atoms with Gasteiger partial charge in [-0.1, -0.05) is 85.8 Å². The second-order valence-corrected chi connectivity index (χ2v) is 8.75. The van der Waals surface area contributed by atoms with Crippen molar-refractivity contribution in [2.75, 3.05) is 19.7 Å². The molecular weight excluding hydrogens is 462 g/mol. The second kappa shape index (κ2) is 12.2. The van der Waals surface area contributed by atoms with Gasteiger partial charge < -0.3 is 15.0 Å². The topological polar surface area (TPSA) is 71.5 Å². The van der Waals surface area contributed by atoms with Crippen molar-refractivity contribution < 1.29 is 14.3 Å². The lowest BCUT2D eigenvalue weighted by Crippen LogP contribution is -2.35. The number of para-hydroxylation sites is 1. The number of nitrogens with one attached hydrogen (secondary N) is 1. The van der Waals surface area contributed by atoms with Crippen LogP contribution in [0.25, 0.3) is 22.2 Å². The van der Waals surface area contributed by atoms with Gasteiger partial charge in [0.15, 0.2) is 12.4 Å². The third-order valence-corrected chi connectivity index (χ3v) is 6.49. The highest BCUT2D eigenvalue weighted by atomic mass is 16.5. The Kier molecular flexibility index (Phi) is 8.52. The van der Waals surface area contributed by atoms with Gasteiger partial charge in [0, 0.05) is 24.0 Å². The van der Waals surface area contributed by atoms with Crippen molar-refractivity contribution in [2.45, 2.75) is 33.2 Å². The van der Waals surface area contributed by atoms with Crippen molar-refractivity contribution in [1.29, 1.82) is 0 Å². The standard InChI is InChI=1S/C31H33N3O3/c1-4-25(22-15-9-7-10-16-22)33-31(36)28-24-19-13-14-20-26(24)32-29(23-17-11-8-12-18-23)30(28)37-21-27(35)34(5-2)6-3/h7-20,25H,4-6,21H2,1-3H3,(H,33,36)/t25-/m0/s1. The van der Waals surface area contributed by atoms with E-state index in [1.165, 1.54) is 0 Å². The number of carbonyl (C=O) groups excluding carboxylic acids is 2. The smallest absolute Gasteiger partial charge is 0.260 e. The Morgan fingerprint density at radius 1 is 0.865 bits per heavy atom. The Morgan fingerprint density at radius 3 is 2.14 bits per heavy atom. The van der Waals surface area contributed by atoms with E-state index in [9.17, 15) is 9.59 Å². The molecule has 3 aromatic carbocycles. The van der Waals surface area contributed by atoms with Gasteiger partial charge in [-0.05, 0) is 31.9 Å². The number of benzene rings is 3. The molecule has 0 aliphatic rings. The maximum absolute atomic E-state index is 14.0. The molecule has 1 atom stereocenters. The molecule has 0 bridgehead atoms. The van der Waals surface area contributed by atoms with Crippen LogP contribution in [0.5, 0.6) is 5.75 Å². The van der Waals surface area contributed by atoms with Crippen LogP contribution in [0.3, 0.4) is 0 Å². The van der Waals surface area contributed by atoms with Gasteiger partial charge in [-0.3, -0.25) is 9.59 Å². The Bertz CT molecular complexity index is 1350. The first-order valence-corrected chi connectivity index (χ1v) is 12.8. The third-order valence-electron chi connectivity index (χ3n) is 6.49. The van der Waals surface area contributed by atoms with Crippen LogP contribution in [0.4, 0.5) is 0 Å². The molecule has 0 aliphatic carbocycles. The SMILES string of the molecule is CC[C@H](NC(=O)c1c(OCC(=O)N(CC)CC)c(-c2ccccc2)nc2ccccc12)c1ccccc1. The van der Waals surface area contributed by atoms with E-state index in [-0.39, 0.29) is 24.5 Å². The molecule has 0 unspecified atom stereocenters. The molecule has 4 rings (SSSR count). The van der Waals surface area contributed by atoms with E-state index in [4.69, 9.17) is 9.72 Å². The summed E-state index contributed by atoms with van der Waals surface area (Å²) < 4.78 is 6.20. The lowest BCUT2D eigenvalue weighted by Gasteiger charge is -2.23. The number of aromatic nitrogens is 1. The number of ether oxygens (including phenoxy) is 1. The van der Waals surface area contributed by atoms with Crippen molar-refractivity contribution in [3.63, 3.8) is 0 Å². The molecule has 2 amide bonds. The van der Waals surface area contributed by atoms with E-state index in [2.05, 4.69) is 5.32 Å². The average molecular weight is 496 g/mol. The molecule has 0 aliphatic heterocycles. The zero-order valence-corrected chi connectivity index (χ0v) is 21.6. The van der Waals surface area contributed by atoms with Crippen molar-refractivity contribution in [3.05, 3.63) is 96.1 Å². The number of rotatable bonds is 10. The van der Waals surface area contributed by atoms with E-state index in [0.29, 0.717) is 41.0 Å². The maximum atomic E-state index is 14.0. The van der Waals surface area contributed by atoms with Gasteiger partial charge in [0.1, 0.15) is 5.69 Å². The average Bonchev–Trinajstić information content (AvgIpc) is 2.95. The second-order valence-electron chi connectivity index (χ2n) is 8.75. The van der Waals surface area contributed by atoms with Crippen LogP contribution in [-0.4, -0.2) is 41.4 Å². The van der Waals surface area contributed by atoms with E-state index in [1.54, 1.807) is 4.90 Å². The zero-order chi connectivity index (χ0) is 26.2. The minimum Gasteiger partial charge on any atom is -0.481 e. The fourth-order valence-electron chi connectivity index (χ4n) is 4.49. The normalized spacial score (nSPS) is 11.6. The van der Waals surface area contributed by atoms with E-state index in [0.717, 1.165) is 17.5 Å². The van der Waals surface area contributed by atoms with Crippen molar-refractivity contribution in [1.82, 2.24) is 15.2 Å². The fraction of sp³-hybridized carbons (Fsp3) is 0.258. The summed E-state index contributed by atoms with van der Waals surface area (Å²) >= 11 is 0. The quantitative estimate of drug-likeness (QED) is 0.292. The van der Waals surface area contributed by atoms with Gasteiger partial charge in [0.25, 0.3) is 11.8 Å². The molecule has 190 valence electrons. The molecule has 1 aromatic heterocycles. The van der Waals surface area contributed by atoms with Crippen molar-refractivity contribution in [3.8, 4) is 17.0 Å². The van der Waals surface area contributed by atoms with Crippen LogP contribution >= 0.6 is 0 Å². The Labute approximate surface area is 218 Å². The highest BCUT2D eigenvalue weighted by molar-refractivity contribution is 6.10. The monoisotopic (exact) mass is 495 g/mol. The van der Waals surface area contributed by atoms with Crippen molar-refractivity contribution >= 4 is 22.7 Å². The van der Waals surface area contributed by atoms with Crippen LogP contribution in [0.1, 0.15) is 49.2 Å². The van der Waals surface area contributed by atoms with Gasteiger partial charge >= 0.3 is 0 Å². The van der Waals surface area contributed by atoms with Gasteiger partial charge in [0.05, 0.1) is 17.1 Å². The lowest BCUT2D eigenvalue weighted by atomic mass is 10.00. The first-order valence-electron chi connectivity index (χ1n) is 12.8. The van der Waals surface area contributed by atoms with Gasteiger partial charge in [-0.25, -0.2) is 4.98 Å². The van der Waals surface area contributed by atoms with Crippen LogP contribution in [-0.2, 0) is 4.79 Å². The highest BCUT2D eigenvalue weighted by Crippen LogP contribution is 2.37. The number of hydrogen-bond donors (Lipinski definition) is 1. The first kappa shape index (κ1) is 25.9. The fourth-order valence-corrected chi connectivity index (χ4v) is 4.49. The largest absolute Gasteiger partial charge is 0.481 e. The summed E-state index contributed by atoms with van der Waals surface area (Å²) in [5.41, 5.74) is 3.43. The van der Waals surface area contributed by atoms with E-state index < -0.39 is 0 Å². The summed E-state index contributed by atoms with van der Waals surface area (Å²) in [5, 5.41) is 3.88. The van der Waals surface area contributed by atoms with Gasteiger partial charge in [-0.2, -0.15) is 0 Å². The molecule has 37 heavy (non-hydrogen) atoms. The molecule has 1 heterocycles. The Balaban J connectivity index is 1.84. The molecule has 0 radical (unpaired) electrons. The molecule has 0 fully saturated rings. The van der Waals surface area contributed by atoms with Crippen LogP contribution in [0, 0.1) is 0 Å². The summed E-state index contributed by atoms with van der Waals surface area (Å²) in [7, 11) is 0. The number of carbonyl (C=O) groups is 2. The van der Waals surface area contributed by atoms with E-state index in [1.807, 2.05) is 106 Å². The maximum Gasteiger partial charge on any atom is 0.260 e. The number of likely N-dealkylation sites (N-methyl/N-ethyl adjacent to an activating group) is 1. The number of nitrogens with zero attached hydrogens (tertiary/aromatic N) is 2. The predicted molar refractivity (Wildman–Crippen MR) is 148 cm³/mol. The summed E-state index contributed by atoms with van der Waals surface area (Å²) in [6, 6.07) is 26.9. The minimum atomic E-state index is -0.267. The van der Waals surface area contributed by atoms with E-state index >= 15 is 0 Å². The number of amides is 2. The van der Waals surface area contributed by atoms with Gasteiger partial charge in [0.2, 0.25) is 0 Å². The van der Waals surface area contributed by atoms with Crippen LogP contribution in [0.2, 0.25) is 0 Å². The first-order chi connectivity index (χ1) is 18.1. The molecular formula is C31H33N3O3. The molecule has 0 saturated carbocycles. The molecule has 0 spiro atoms. The summed E-state index contributed by atoms with van der Waals surface area (Å²) in [5.74, 6) is -0.0955. The van der Waals surface area contributed by atoms with Gasteiger partial charge in [-0.15, -0.1) is 0 Å². The Morgan fingerprint density at radius 2 is 1.49 bits per heavy atom. The zero-order valence-electron chi connectivity index (χ0n) is 21.6. The number of fused-ring (bicyclic) bond motifs is 1. The number of pyridine rings is 1.